The third-order valence-corrected chi connectivity index (χ3v) is 5.19. The zero-order chi connectivity index (χ0) is 18.1. The van der Waals surface area contributed by atoms with Crippen LogP contribution in [0.3, 0.4) is 0 Å². The van der Waals surface area contributed by atoms with E-state index in [1.54, 1.807) is 6.20 Å². The molecule has 0 atom stereocenters. The Hall–Kier alpha value is -2.47. The standard InChI is InChI=1S/C20H25N5O/c1-15(2)25-14-18-17(19(25)26)12-21-20(22-18)24-10-8-23(9-11-24)13-16-6-4-3-5-7-16/h3-7,12,15H,8-11,13-14H2,1-2H3. The van der Waals surface area contributed by atoms with Crippen LogP contribution in [0, 0.1) is 0 Å². The number of piperazine rings is 1. The van der Waals surface area contributed by atoms with Crippen LogP contribution in [0.2, 0.25) is 0 Å². The molecule has 1 saturated heterocycles. The van der Waals surface area contributed by atoms with Crippen LogP contribution >= 0.6 is 0 Å². The average Bonchev–Trinajstić information content (AvgIpc) is 3.00. The van der Waals surface area contributed by atoms with Gasteiger partial charge in [-0.3, -0.25) is 9.69 Å². The molecule has 1 aromatic heterocycles. The van der Waals surface area contributed by atoms with Crippen molar-refractivity contribution >= 4 is 11.9 Å². The summed E-state index contributed by atoms with van der Waals surface area (Å²) < 4.78 is 0. The molecule has 3 heterocycles. The van der Waals surface area contributed by atoms with Crippen molar-refractivity contribution in [2.75, 3.05) is 31.1 Å². The zero-order valence-electron chi connectivity index (χ0n) is 15.4. The highest BCUT2D eigenvalue weighted by atomic mass is 16.2. The van der Waals surface area contributed by atoms with Crippen LogP contribution in [0.5, 0.6) is 0 Å². The van der Waals surface area contributed by atoms with Gasteiger partial charge in [0.05, 0.1) is 17.8 Å². The molecule has 2 aromatic rings. The minimum absolute atomic E-state index is 0.0502. The van der Waals surface area contributed by atoms with E-state index in [1.165, 1.54) is 5.56 Å². The van der Waals surface area contributed by atoms with Crippen molar-refractivity contribution < 1.29 is 4.79 Å². The van der Waals surface area contributed by atoms with E-state index in [0.29, 0.717) is 12.1 Å². The van der Waals surface area contributed by atoms with Gasteiger partial charge in [0.25, 0.3) is 5.91 Å². The molecule has 4 rings (SSSR count). The summed E-state index contributed by atoms with van der Waals surface area (Å²) in [6.07, 6.45) is 1.71. The molecule has 6 nitrogen and oxygen atoms in total. The number of amides is 1. The molecule has 26 heavy (non-hydrogen) atoms. The lowest BCUT2D eigenvalue weighted by atomic mass is 10.2. The molecular formula is C20H25N5O. The highest BCUT2D eigenvalue weighted by molar-refractivity contribution is 5.97. The predicted octanol–water partition coefficient (Wildman–Crippen LogP) is 2.16. The van der Waals surface area contributed by atoms with Gasteiger partial charge in [-0.25, -0.2) is 9.97 Å². The molecule has 0 unspecified atom stereocenters. The molecule has 0 N–H and O–H groups in total. The Labute approximate surface area is 154 Å². The number of hydrogen-bond acceptors (Lipinski definition) is 5. The lowest BCUT2D eigenvalue weighted by Gasteiger charge is -2.34. The highest BCUT2D eigenvalue weighted by Gasteiger charge is 2.31. The number of carbonyl (C=O) groups is 1. The summed E-state index contributed by atoms with van der Waals surface area (Å²) in [5.74, 6) is 0.802. The smallest absolute Gasteiger partial charge is 0.257 e. The summed E-state index contributed by atoms with van der Waals surface area (Å²) in [6, 6.07) is 10.8. The van der Waals surface area contributed by atoms with Crippen molar-refractivity contribution in [2.45, 2.75) is 33.0 Å². The van der Waals surface area contributed by atoms with Gasteiger partial charge in [-0.1, -0.05) is 30.3 Å². The Morgan fingerprint density at radius 1 is 1.08 bits per heavy atom. The van der Waals surface area contributed by atoms with Gasteiger partial charge < -0.3 is 9.80 Å². The normalized spacial score (nSPS) is 17.9. The Morgan fingerprint density at radius 2 is 1.81 bits per heavy atom. The second-order valence-corrected chi connectivity index (χ2v) is 7.31. The summed E-state index contributed by atoms with van der Waals surface area (Å²) in [6.45, 7) is 9.45. The third kappa shape index (κ3) is 3.29. The minimum Gasteiger partial charge on any atom is -0.338 e. The number of nitrogens with zero attached hydrogens (tertiary/aromatic N) is 5. The zero-order valence-corrected chi connectivity index (χ0v) is 15.4. The maximum Gasteiger partial charge on any atom is 0.257 e. The summed E-state index contributed by atoms with van der Waals surface area (Å²) in [7, 11) is 0. The number of aromatic nitrogens is 2. The first kappa shape index (κ1) is 17.0. The lowest BCUT2D eigenvalue weighted by molar-refractivity contribution is 0.0730. The second-order valence-electron chi connectivity index (χ2n) is 7.31. The van der Waals surface area contributed by atoms with E-state index in [9.17, 15) is 4.79 Å². The van der Waals surface area contributed by atoms with E-state index >= 15 is 0 Å². The van der Waals surface area contributed by atoms with Gasteiger partial charge >= 0.3 is 0 Å². The fourth-order valence-electron chi connectivity index (χ4n) is 3.61. The van der Waals surface area contributed by atoms with Crippen LogP contribution in [0.1, 0.15) is 35.5 Å². The molecule has 0 aliphatic carbocycles. The average molecular weight is 351 g/mol. The topological polar surface area (TPSA) is 52.6 Å². The Bertz CT molecular complexity index is 784. The quantitative estimate of drug-likeness (QED) is 0.845. The van der Waals surface area contributed by atoms with Gasteiger partial charge in [0, 0.05) is 45.0 Å². The van der Waals surface area contributed by atoms with E-state index in [-0.39, 0.29) is 11.9 Å². The van der Waals surface area contributed by atoms with Gasteiger partial charge in [-0.05, 0) is 19.4 Å². The Balaban J connectivity index is 1.40. The molecule has 0 bridgehead atoms. The number of fused-ring (bicyclic) bond motifs is 1. The third-order valence-electron chi connectivity index (χ3n) is 5.19. The number of benzene rings is 1. The summed E-state index contributed by atoms with van der Waals surface area (Å²) >= 11 is 0. The lowest BCUT2D eigenvalue weighted by Crippen LogP contribution is -2.46. The monoisotopic (exact) mass is 351 g/mol. The van der Waals surface area contributed by atoms with Gasteiger partial charge in [0.15, 0.2) is 0 Å². The van der Waals surface area contributed by atoms with Crippen LogP contribution in [-0.4, -0.2) is 57.9 Å². The number of carbonyl (C=O) groups excluding carboxylic acids is 1. The maximum absolute atomic E-state index is 12.4. The summed E-state index contributed by atoms with van der Waals surface area (Å²) in [5, 5.41) is 0. The number of anilines is 1. The van der Waals surface area contributed by atoms with Crippen molar-refractivity contribution in [3.63, 3.8) is 0 Å². The van der Waals surface area contributed by atoms with Crippen molar-refractivity contribution in [3.8, 4) is 0 Å². The second kappa shape index (κ2) is 7.03. The van der Waals surface area contributed by atoms with Gasteiger partial charge in [0.1, 0.15) is 0 Å². The molecule has 0 saturated carbocycles. The van der Waals surface area contributed by atoms with Gasteiger partial charge in [-0.15, -0.1) is 0 Å². The molecule has 2 aliphatic heterocycles. The first-order chi connectivity index (χ1) is 12.6. The fourth-order valence-corrected chi connectivity index (χ4v) is 3.61. The molecule has 0 spiro atoms. The van der Waals surface area contributed by atoms with Crippen LogP contribution in [0.25, 0.3) is 0 Å². The van der Waals surface area contributed by atoms with Crippen molar-refractivity contribution in [3.05, 3.63) is 53.3 Å². The molecular weight excluding hydrogens is 326 g/mol. The van der Waals surface area contributed by atoms with E-state index < -0.39 is 0 Å². The fraction of sp³-hybridized carbons (Fsp3) is 0.450. The van der Waals surface area contributed by atoms with Crippen LogP contribution in [0.15, 0.2) is 36.5 Å². The van der Waals surface area contributed by atoms with Crippen molar-refractivity contribution in [1.82, 2.24) is 19.8 Å². The minimum atomic E-state index is 0.0502. The summed E-state index contributed by atoms with van der Waals surface area (Å²) in [5.41, 5.74) is 2.87. The summed E-state index contributed by atoms with van der Waals surface area (Å²) in [4.78, 5) is 28.1. The van der Waals surface area contributed by atoms with E-state index in [1.807, 2.05) is 18.7 Å². The van der Waals surface area contributed by atoms with Crippen molar-refractivity contribution in [1.29, 1.82) is 0 Å². The molecule has 136 valence electrons. The van der Waals surface area contributed by atoms with E-state index in [0.717, 1.165) is 44.4 Å². The van der Waals surface area contributed by atoms with E-state index in [2.05, 4.69) is 45.1 Å². The predicted molar refractivity (Wildman–Crippen MR) is 101 cm³/mol. The maximum atomic E-state index is 12.4. The van der Waals surface area contributed by atoms with E-state index in [4.69, 9.17) is 4.98 Å². The molecule has 1 amide bonds. The Kier molecular flexibility index (Phi) is 4.59. The van der Waals surface area contributed by atoms with Crippen LogP contribution in [-0.2, 0) is 13.1 Å². The molecule has 1 aromatic carbocycles. The SMILES string of the molecule is CC(C)N1Cc2nc(N3CCN(Cc4ccccc4)CC3)ncc2C1=O. The highest BCUT2D eigenvalue weighted by Crippen LogP contribution is 2.24. The van der Waals surface area contributed by atoms with Crippen LogP contribution < -0.4 is 4.90 Å². The van der Waals surface area contributed by atoms with Gasteiger partial charge in [0.2, 0.25) is 5.95 Å². The Morgan fingerprint density at radius 3 is 2.50 bits per heavy atom. The first-order valence-corrected chi connectivity index (χ1v) is 9.30. The number of hydrogen-bond donors (Lipinski definition) is 0. The molecule has 2 aliphatic rings. The number of rotatable bonds is 4. The van der Waals surface area contributed by atoms with Gasteiger partial charge in [-0.2, -0.15) is 0 Å². The van der Waals surface area contributed by atoms with Crippen molar-refractivity contribution in [2.24, 2.45) is 0 Å². The first-order valence-electron chi connectivity index (χ1n) is 9.30. The molecule has 0 radical (unpaired) electrons. The van der Waals surface area contributed by atoms with Crippen LogP contribution in [0.4, 0.5) is 5.95 Å². The molecule has 6 heteroatoms. The largest absolute Gasteiger partial charge is 0.338 e. The molecule has 1 fully saturated rings.